The number of anilines is 2. The Kier molecular flexibility index (Phi) is 5.76. The average Bonchev–Trinajstić information content (AvgIpc) is 2.30. The van der Waals surface area contributed by atoms with Crippen molar-refractivity contribution < 1.29 is 0 Å². The Labute approximate surface area is 116 Å². The van der Waals surface area contributed by atoms with Crippen LogP contribution in [0.2, 0.25) is 5.02 Å². The van der Waals surface area contributed by atoms with Gasteiger partial charge in [-0.25, -0.2) is 0 Å². The fourth-order valence-electron chi connectivity index (χ4n) is 2.06. The minimum atomic E-state index is 0.640. The van der Waals surface area contributed by atoms with Crippen molar-refractivity contribution in [2.75, 3.05) is 44.4 Å². The molecular formula is C14H24ClN3. The summed E-state index contributed by atoms with van der Waals surface area (Å²) in [7, 11) is 4.20. The van der Waals surface area contributed by atoms with Crippen LogP contribution < -0.4 is 10.6 Å². The first-order chi connectivity index (χ1) is 8.45. The monoisotopic (exact) mass is 269 g/mol. The maximum atomic E-state index is 6.11. The van der Waals surface area contributed by atoms with Crippen molar-refractivity contribution in [3.8, 4) is 0 Å². The van der Waals surface area contributed by atoms with Gasteiger partial charge in [-0.05, 0) is 58.6 Å². The lowest BCUT2D eigenvalue weighted by atomic mass is 10.1. The van der Waals surface area contributed by atoms with Crippen molar-refractivity contribution in [2.24, 2.45) is 0 Å². The van der Waals surface area contributed by atoms with Crippen LogP contribution in [0.1, 0.15) is 18.9 Å². The topological polar surface area (TPSA) is 32.5 Å². The second-order valence-electron chi connectivity index (χ2n) is 4.90. The van der Waals surface area contributed by atoms with E-state index in [0.29, 0.717) is 10.7 Å². The maximum Gasteiger partial charge on any atom is 0.0656 e. The van der Waals surface area contributed by atoms with Crippen molar-refractivity contribution in [3.63, 3.8) is 0 Å². The van der Waals surface area contributed by atoms with Gasteiger partial charge in [0.15, 0.2) is 0 Å². The van der Waals surface area contributed by atoms with E-state index < -0.39 is 0 Å². The van der Waals surface area contributed by atoms with Gasteiger partial charge in [0.1, 0.15) is 0 Å². The van der Waals surface area contributed by atoms with E-state index in [4.69, 9.17) is 17.3 Å². The molecule has 0 aromatic heterocycles. The van der Waals surface area contributed by atoms with Crippen molar-refractivity contribution in [1.29, 1.82) is 0 Å². The van der Waals surface area contributed by atoms with Crippen LogP contribution in [-0.4, -0.2) is 38.6 Å². The van der Waals surface area contributed by atoms with Crippen LogP contribution >= 0.6 is 11.6 Å². The van der Waals surface area contributed by atoms with Crippen LogP contribution in [-0.2, 0) is 0 Å². The van der Waals surface area contributed by atoms with Crippen LogP contribution in [0.25, 0.3) is 0 Å². The van der Waals surface area contributed by atoms with Gasteiger partial charge in [0.25, 0.3) is 0 Å². The zero-order chi connectivity index (χ0) is 13.7. The highest BCUT2D eigenvalue weighted by Gasteiger charge is 2.10. The highest BCUT2D eigenvalue weighted by atomic mass is 35.5. The van der Waals surface area contributed by atoms with E-state index in [1.165, 1.54) is 11.3 Å². The molecule has 1 rings (SSSR count). The highest BCUT2D eigenvalue weighted by Crippen LogP contribution is 2.29. The SMILES string of the molecule is CCN(CCCN(C)C)c1cc(Cl)c(N)cc1C. The van der Waals surface area contributed by atoms with E-state index in [2.05, 4.69) is 37.7 Å². The first-order valence-corrected chi connectivity index (χ1v) is 6.78. The Morgan fingerprint density at radius 1 is 1.22 bits per heavy atom. The van der Waals surface area contributed by atoms with Crippen molar-refractivity contribution >= 4 is 23.0 Å². The van der Waals surface area contributed by atoms with E-state index in [9.17, 15) is 0 Å². The largest absolute Gasteiger partial charge is 0.398 e. The fourth-order valence-corrected chi connectivity index (χ4v) is 2.22. The third-order valence-electron chi connectivity index (χ3n) is 3.07. The van der Waals surface area contributed by atoms with Gasteiger partial charge in [0, 0.05) is 18.8 Å². The van der Waals surface area contributed by atoms with Crippen LogP contribution in [0.15, 0.2) is 12.1 Å². The summed E-state index contributed by atoms with van der Waals surface area (Å²) < 4.78 is 0. The molecule has 1 aromatic rings. The zero-order valence-electron chi connectivity index (χ0n) is 11.8. The molecule has 0 aliphatic carbocycles. The van der Waals surface area contributed by atoms with Crippen molar-refractivity contribution in [2.45, 2.75) is 20.3 Å². The Balaban J connectivity index is 2.78. The van der Waals surface area contributed by atoms with Crippen molar-refractivity contribution in [1.82, 2.24) is 4.90 Å². The highest BCUT2D eigenvalue weighted by molar-refractivity contribution is 6.33. The summed E-state index contributed by atoms with van der Waals surface area (Å²) >= 11 is 6.11. The Morgan fingerprint density at radius 3 is 2.44 bits per heavy atom. The number of nitrogens with zero attached hydrogens (tertiary/aromatic N) is 2. The minimum Gasteiger partial charge on any atom is -0.398 e. The van der Waals surface area contributed by atoms with Crippen LogP contribution in [0, 0.1) is 6.92 Å². The number of hydrogen-bond acceptors (Lipinski definition) is 3. The quantitative estimate of drug-likeness (QED) is 0.806. The number of benzene rings is 1. The lowest BCUT2D eigenvalue weighted by molar-refractivity contribution is 0.400. The smallest absolute Gasteiger partial charge is 0.0656 e. The maximum absolute atomic E-state index is 6.11. The van der Waals surface area contributed by atoms with Gasteiger partial charge in [-0.2, -0.15) is 0 Å². The molecule has 0 aliphatic rings. The Bertz CT molecular complexity index is 391. The van der Waals surface area contributed by atoms with Crippen LogP contribution in [0.5, 0.6) is 0 Å². The summed E-state index contributed by atoms with van der Waals surface area (Å²) in [6.07, 6.45) is 1.14. The van der Waals surface area contributed by atoms with Crippen LogP contribution in [0.4, 0.5) is 11.4 Å². The Morgan fingerprint density at radius 2 is 1.89 bits per heavy atom. The average molecular weight is 270 g/mol. The molecule has 4 heteroatoms. The number of aryl methyl sites for hydroxylation is 1. The van der Waals surface area contributed by atoms with E-state index in [1.807, 2.05) is 12.1 Å². The van der Waals surface area contributed by atoms with E-state index in [0.717, 1.165) is 26.1 Å². The summed E-state index contributed by atoms with van der Waals surface area (Å²) in [5, 5.41) is 0.640. The normalized spacial score (nSPS) is 11.0. The zero-order valence-corrected chi connectivity index (χ0v) is 12.6. The Hall–Kier alpha value is -0.930. The molecule has 0 heterocycles. The standard InChI is InChI=1S/C14H24ClN3/c1-5-18(8-6-7-17(3)4)14-10-12(15)13(16)9-11(14)2/h9-10H,5-8,16H2,1-4H3. The molecule has 0 fully saturated rings. The van der Waals surface area contributed by atoms with Gasteiger partial charge in [0.2, 0.25) is 0 Å². The van der Waals surface area contributed by atoms with Gasteiger partial charge in [-0.15, -0.1) is 0 Å². The predicted molar refractivity (Wildman–Crippen MR) is 81.7 cm³/mol. The molecule has 0 saturated carbocycles. The molecule has 1 aromatic carbocycles. The van der Waals surface area contributed by atoms with Gasteiger partial charge in [0.05, 0.1) is 10.7 Å². The molecule has 0 radical (unpaired) electrons. The number of nitrogens with two attached hydrogens (primary N) is 1. The number of nitrogen functional groups attached to an aromatic ring is 1. The molecule has 0 spiro atoms. The molecule has 0 saturated heterocycles. The molecule has 3 nitrogen and oxygen atoms in total. The molecule has 0 aliphatic heterocycles. The van der Waals surface area contributed by atoms with Crippen LogP contribution in [0.3, 0.4) is 0 Å². The number of rotatable bonds is 6. The molecule has 102 valence electrons. The third-order valence-corrected chi connectivity index (χ3v) is 3.40. The number of hydrogen-bond donors (Lipinski definition) is 1. The molecule has 2 N–H and O–H groups in total. The van der Waals surface area contributed by atoms with E-state index in [1.54, 1.807) is 0 Å². The lowest BCUT2D eigenvalue weighted by Gasteiger charge is -2.26. The molecule has 0 amide bonds. The summed E-state index contributed by atoms with van der Waals surface area (Å²) in [4.78, 5) is 4.56. The molecule has 0 atom stereocenters. The molecule has 0 bridgehead atoms. The summed E-state index contributed by atoms with van der Waals surface area (Å²) in [5.41, 5.74) is 8.84. The first kappa shape index (κ1) is 15.1. The molecule has 18 heavy (non-hydrogen) atoms. The van der Waals surface area contributed by atoms with Gasteiger partial charge in [-0.1, -0.05) is 11.6 Å². The second-order valence-corrected chi connectivity index (χ2v) is 5.30. The summed E-state index contributed by atoms with van der Waals surface area (Å²) in [6, 6.07) is 3.93. The minimum absolute atomic E-state index is 0.640. The fraction of sp³-hybridized carbons (Fsp3) is 0.571. The van der Waals surface area contributed by atoms with Gasteiger partial charge >= 0.3 is 0 Å². The van der Waals surface area contributed by atoms with Gasteiger partial charge < -0.3 is 15.5 Å². The summed E-state index contributed by atoms with van der Waals surface area (Å²) in [5.74, 6) is 0. The van der Waals surface area contributed by atoms with E-state index >= 15 is 0 Å². The summed E-state index contributed by atoms with van der Waals surface area (Å²) in [6.45, 7) is 7.36. The number of halogens is 1. The second kappa shape index (κ2) is 6.86. The van der Waals surface area contributed by atoms with Crippen molar-refractivity contribution in [3.05, 3.63) is 22.7 Å². The van der Waals surface area contributed by atoms with E-state index in [-0.39, 0.29) is 0 Å². The predicted octanol–water partition coefficient (Wildman–Crippen LogP) is 3.01. The molecular weight excluding hydrogens is 246 g/mol. The first-order valence-electron chi connectivity index (χ1n) is 6.41. The third kappa shape index (κ3) is 4.07. The van der Waals surface area contributed by atoms with Gasteiger partial charge in [-0.3, -0.25) is 0 Å². The lowest BCUT2D eigenvalue weighted by Crippen LogP contribution is -2.27. The molecule has 0 unspecified atom stereocenters.